The van der Waals surface area contributed by atoms with Gasteiger partial charge in [-0.3, -0.25) is 9.88 Å². The lowest BCUT2D eigenvalue weighted by atomic mass is 10.0. The van der Waals surface area contributed by atoms with Crippen molar-refractivity contribution >= 4 is 11.3 Å². The van der Waals surface area contributed by atoms with Crippen LogP contribution in [0.3, 0.4) is 0 Å². The number of hydrogen-bond acceptors (Lipinski definition) is 4. The van der Waals surface area contributed by atoms with E-state index < -0.39 is 0 Å². The lowest BCUT2D eigenvalue weighted by Crippen LogP contribution is -2.41. The van der Waals surface area contributed by atoms with Gasteiger partial charge in [0, 0.05) is 36.8 Å². The van der Waals surface area contributed by atoms with Crippen molar-refractivity contribution in [2.45, 2.75) is 25.4 Å². The second-order valence-corrected chi connectivity index (χ2v) is 5.41. The Morgan fingerprint density at radius 1 is 1.47 bits per heavy atom. The molecule has 2 rings (SSSR count). The molecule has 1 fully saturated rings. The van der Waals surface area contributed by atoms with Crippen LogP contribution in [0.15, 0.2) is 11.7 Å². The fourth-order valence-corrected chi connectivity index (χ4v) is 2.77. The molecule has 1 aliphatic heterocycles. The van der Waals surface area contributed by atoms with Crippen LogP contribution in [-0.2, 0) is 6.54 Å². The van der Waals surface area contributed by atoms with Crippen LogP contribution in [0.4, 0.5) is 0 Å². The summed E-state index contributed by atoms with van der Waals surface area (Å²) in [4.78, 5) is 10.4. The van der Waals surface area contributed by atoms with Crippen LogP contribution in [0.5, 0.6) is 0 Å². The maximum Gasteiger partial charge on any atom is 0.0794 e. The van der Waals surface area contributed by atoms with E-state index in [1.807, 2.05) is 11.7 Å². The van der Waals surface area contributed by atoms with E-state index in [2.05, 4.69) is 28.9 Å². The zero-order valence-electron chi connectivity index (χ0n) is 9.52. The van der Waals surface area contributed by atoms with E-state index >= 15 is 0 Å². The summed E-state index contributed by atoms with van der Waals surface area (Å²) in [5.74, 6) is 0. The maximum absolute atomic E-state index is 4.11. The normalized spacial score (nSPS) is 19.9. The van der Waals surface area contributed by atoms with E-state index in [0.29, 0.717) is 0 Å². The van der Waals surface area contributed by atoms with E-state index in [9.17, 15) is 0 Å². The fraction of sp³-hybridized carbons (Fsp3) is 0.727. The van der Waals surface area contributed by atoms with Crippen LogP contribution in [0, 0.1) is 0 Å². The van der Waals surface area contributed by atoms with Gasteiger partial charge >= 0.3 is 0 Å². The van der Waals surface area contributed by atoms with Crippen molar-refractivity contribution in [3.05, 3.63) is 16.6 Å². The monoisotopic (exact) mass is 225 g/mol. The van der Waals surface area contributed by atoms with Gasteiger partial charge in [-0.05, 0) is 26.9 Å². The third-order valence-corrected chi connectivity index (χ3v) is 3.91. The third kappa shape index (κ3) is 3.00. The van der Waals surface area contributed by atoms with Crippen LogP contribution in [0.25, 0.3) is 0 Å². The van der Waals surface area contributed by atoms with Crippen molar-refractivity contribution in [3.63, 3.8) is 0 Å². The van der Waals surface area contributed by atoms with Crippen molar-refractivity contribution in [1.82, 2.24) is 14.8 Å². The minimum absolute atomic E-state index is 0.780. The highest BCUT2D eigenvalue weighted by molar-refractivity contribution is 7.09. The standard InChI is InChI=1S/C11H19N3S/c1-13(2)10-3-5-14(6-4-10)8-11-7-12-9-15-11/h7,9-10H,3-6,8H2,1-2H3. The van der Waals surface area contributed by atoms with E-state index in [0.717, 1.165) is 12.6 Å². The minimum atomic E-state index is 0.780. The van der Waals surface area contributed by atoms with Gasteiger partial charge < -0.3 is 4.90 Å². The first-order valence-corrected chi connectivity index (χ1v) is 6.40. The number of likely N-dealkylation sites (tertiary alicyclic amines) is 1. The van der Waals surface area contributed by atoms with Gasteiger partial charge in [-0.25, -0.2) is 0 Å². The highest BCUT2D eigenvalue weighted by Crippen LogP contribution is 2.17. The van der Waals surface area contributed by atoms with Gasteiger partial charge in [0.2, 0.25) is 0 Å². The van der Waals surface area contributed by atoms with Gasteiger partial charge in [0.25, 0.3) is 0 Å². The highest BCUT2D eigenvalue weighted by Gasteiger charge is 2.20. The smallest absolute Gasteiger partial charge is 0.0794 e. The molecule has 0 spiro atoms. The molecule has 0 aliphatic carbocycles. The van der Waals surface area contributed by atoms with Crippen LogP contribution in [0.2, 0.25) is 0 Å². The number of aromatic nitrogens is 1. The molecule has 15 heavy (non-hydrogen) atoms. The molecule has 84 valence electrons. The SMILES string of the molecule is CN(C)C1CCN(Cc2cncs2)CC1. The van der Waals surface area contributed by atoms with Crippen LogP contribution in [-0.4, -0.2) is 48.0 Å². The number of nitrogens with zero attached hydrogens (tertiary/aromatic N) is 3. The first-order valence-electron chi connectivity index (χ1n) is 5.52. The molecule has 3 nitrogen and oxygen atoms in total. The topological polar surface area (TPSA) is 19.4 Å². The zero-order valence-corrected chi connectivity index (χ0v) is 10.3. The second-order valence-electron chi connectivity index (χ2n) is 4.44. The molecular formula is C11H19N3S. The van der Waals surface area contributed by atoms with Gasteiger partial charge in [-0.2, -0.15) is 0 Å². The van der Waals surface area contributed by atoms with Gasteiger partial charge in [-0.1, -0.05) is 0 Å². The highest BCUT2D eigenvalue weighted by atomic mass is 32.1. The molecular weight excluding hydrogens is 206 g/mol. The molecule has 1 aromatic rings. The Bertz CT molecular complexity index is 276. The summed E-state index contributed by atoms with van der Waals surface area (Å²) in [5, 5.41) is 0. The van der Waals surface area contributed by atoms with E-state index in [-0.39, 0.29) is 0 Å². The molecule has 0 N–H and O–H groups in total. The molecule has 1 aliphatic rings. The summed E-state index contributed by atoms with van der Waals surface area (Å²) in [6.45, 7) is 3.53. The minimum Gasteiger partial charge on any atom is -0.306 e. The first kappa shape index (κ1) is 11.0. The molecule has 0 amide bonds. The van der Waals surface area contributed by atoms with Crippen molar-refractivity contribution in [2.75, 3.05) is 27.2 Å². The summed E-state index contributed by atoms with van der Waals surface area (Å²) in [6.07, 6.45) is 4.58. The molecule has 0 aromatic carbocycles. The molecule has 0 saturated carbocycles. The molecule has 2 heterocycles. The Morgan fingerprint density at radius 2 is 2.20 bits per heavy atom. The maximum atomic E-state index is 4.11. The summed E-state index contributed by atoms with van der Waals surface area (Å²) < 4.78 is 0. The Kier molecular flexibility index (Phi) is 3.72. The van der Waals surface area contributed by atoms with Crippen molar-refractivity contribution < 1.29 is 0 Å². The molecule has 4 heteroatoms. The van der Waals surface area contributed by atoms with E-state index in [1.54, 1.807) is 11.3 Å². The Balaban J connectivity index is 1.79. The van der Waals surface area contributed by atoms with Crippen LogP contribution >= 0.6 is 11.3 Å². The number of rotatable bonds is 3. The molecule has 1 saturated heterocycles. The Hall–Kier alpha value is -0.450. The number of hydrogen-bond donors (Lipinski definition) is 0. The molecule has 0 radical (unpaired) electrons. The van der Waals surface area contributed by atoms with Crippen molar-refractivity contribution in [2.24, 2.45) is 0 Å². The van der Waals surface area contributed by atoms with E-state index in [1.165, 1.54) is 30.8 Å². The summed E-state index contributed by atoms with van der Waals surface area (Å²) >= 11 is 1.76. The molecule has 1 aromatic heterocycles. The average Bonchev–Trinajstić information content (AvgIpc) is 2.71. The van der Waals surface area contributed by atoms with Gasteiger partial charge in [0.05, 0.1) is 5.51 Å². The summed E-state index contributed by atoms with van der Waals surface area (Å²) in [5.41, 5.74) is 1.92. The zero-order chi connectivity index (χ0) is 10.7. The number of thiazole rings is 1. The quantitative estimate of drug-likeness (QED) is 0.780. The lowest BCUT2D eigenvalue weighted by Gasteiger charge is -2.34. The predicted molar refractivity (Wildman–Crippen MR) is 64.1 cm³/mol. The third-order valence-electron chi connectivity index (χ3n) is 3.15. The molecule has 0 unspecified atom stereocenters. The van der Waals surface area contributed by atoms with Gasteiger partial charge in [-0.15, -0.1) is 11.3 Å². The fourth-order valence-electron chi connectivity index (χ4n) is 2.13. The van der Waals surface area contributed by atoms with Crippen LogP contribution < -0.4 is 0 Å². The van der Waals surface area contributed by atoms with Crippen molar-refractivity contribution in [3.8, 4) is 0 Å². The first-order chi connectivity index (χ1) is 7.25. The van der Waals surface area contributed by atoms with Crippen molar-refractivity contribution in [1.29, 1.82) is 0 Å². The summed E-state index contributed by atoms with van der Waals surface area (Å²) in [6, 6.07) is 0.780. The van der Waals surface area contributed by atoms with Crippen LogP contribution in [0.1, 0.15) is 17.7 Å². The molecule has 0 bridgehead atoms. The Morgan fingerprint density at radius 3 is 2.73 bits per heavy atom. The summed E-state index contributed by atoms with van der Waals surface area (Å²) in [7, 11) is 4.37. The molecule has 0 atom stereocenters. The van der Waals surface area contributed by atoms with E-state index in [4.69, 9.17) is 0 Å². The lowest BCUT2D eigenvalue weighted by molar-refractivity contribution is 0.141. The predicted octanol–water partition coefficient (Wildman–Crippen LogP) is 1.67. The van der Waals surface area contributed by atoms with Gasteiger partial charge in [0.1, 0.15) is 0 Å². The second kappa shape index (κ2) is 5.05. The Labute approximate surface area is 95.7 Å². The largest absolute Gasteiger partial charge is 0.306 e. The number of piperidine rings is 1. The van der Waals surface area contributed by atoms with Gasteiger partial charge in [0.15, 0.2) is 0 Å². The average molecular weight is 225 g/mol.